The molecule has 0 bridgehead atoms. The zero-order chi connectivity index (χ0) is 22.3. The van der Waals surface area contributed by atoms with Crippen LogP contribution < -0.4 is 4.74 Å². The van der Waals surface area contributed by atoms with Gasteiger partial charge in [0.1, 0.15) is 24.2 Å². The number of hydrogen-bond donors (Lipinski definition) is 2. The summed E-state index contributed by atoms with van der Waals surface area (Å²) < 4.78 is 5.79. The first-order valence-electron chi connectivity index (χ1n) is 11.2. The van der Waals surface area contributed by atoms with Gasteiger partial charge in [0.15, 0.2) is 0 Å². The summed E-state index contributed by atoms with van der Waals surface area (Å²) in [7, 11) is 0. The summed E-state index contributed by atoms with van der Waals surface area (Å²) >= 11 is 6.22. The first-order valence-corrected chi connectivity index (χ1v) is 11.6. The predicted molar refractivity (Wildman–Crippen MR) is 136 cm³/mol. The fourth-order valence-corrected chi connectivity index (χ4v) is 4.64. The molecule has 4 rings (SSSR count). The Hall–Kier alpha value is -2.24. The normalized spacial score (nSPS) is 16.4. The summed E-state index contributed by atoms with van der Waals surface area (Å²) in [6.07, 6.45) is 3.21. The van der Waals surface area contributed by atoms with Crippen LogP contribution >= 0.6 is 24.0 Å². The van der Waals surface area contributed by atoms with Gasteiger partial charge in [-0.25, -0.2) is 0 Å². The van der Waals surface area contributed by atoms with Crippen LogP contribution in [0.25, 0.3) is 0 Å². The molecule has 0 spiro atoms. The minimum Gasteiger partial charge on any atom is -0.506 e. The van der Waals surface area contributed by atoms with Crippen LogP contribution in [-0.2, 0) is 19.4 Å². The average molecular weight is 488 g/mol. The lowest BCUT2D eigenvalue weighted by Crippen LogP contribution is -2.42. The molecule has 0 aliphatic heterocycles. The molecule has 0 amide bonds. The molecule has 33 heavy (non-hydrogen) atoms. The third-order valence-corrected chi connectivity index (χ3v) is 6.39. The Morgan fingerprint density at radius 1 is 1.00 bits per heavy atom. The highest BCUT2D eigenvalue weighted by atomic mass is 35.5. The van der Waals surface area contributed by atoms with Crippen LogP contribution in [0, 0.1) is 0 Å². The van der Waals surface area contributed by atoms with Crippen molar-refractivity contribution < 1.29 is 14.9 Å². The van der Waals surface area contributed by atoms with Gasteiger partial charge in [0.2, 0.25) is 0 Å². The number of para-hydroxylation sites is 1. The van der Waals surface area contributed by atoms with Crippen LogP contribution in [0.3, 0.4) is 0 Å². The van der Waals surface area contributed by atoms with Crippen LogP contribution in [0.1, 0.15) is 29.5 Å². The van der Waals surface area contributed by atoms with Crippen LogP contribution in [0.4, 0.5) is 0 Å². The number of ether oxygens (including phenoxy) is 1. The number of halogens is 2. The number of benzene rings is 3. The smallest absolute Gasteiger partial charge is 0.134 e. The molecule has 1 unspecified atom stereocenters. The van der Waals surface area contributed by atoms with Crippen molar-refractivity contribution in [1.29, 1.82) is 0 Å². The van der Waals surface area contributed by atoms with Gasteiger partial charge in [-0.3, -0.25) is 4.90 Å². The highest BCUT2D eigenvalue weighted by Crippen LogP contribution is 2.32. The van der Waals surface area contributed by atoms with Crippen molar-refractivity contribution >= 4 is 24.0 Å². The molecule has 0 saturated heterocycles. The lowest BCUT2D eigenvalue weighted by Gasteiger charge is -2.33. The Kier molecular flexibility index (Phi) is 9.45. The van der Waals surface area contributed by atoms with E-state index in [9.17, 15) is 10.2 Å². The number of nitrogens with zero attached hydrogens (tertiary/aromatic N) is 1. The van der Waals surface area contributed by atoms with Crippen LogP contribution in [0.5, 0.6) is 11.5 Å². The van der Waals surface area contributed by atoms with Gasteiger partial charge in [-0.1, -0.05) is 60.1 Å². The zero-order valence-electron chi connectivity index (χ0n) is 18.6. The molecule has 0 heterocycles. The highest BCUT2D eigenvalue weighted by Gasteiger charge is 2.26. The SMILES string of the molecule is Cl.Oc1cc2c(cc1Cl)CC(N(Cc1ccccc1)C[C@H](O)COc1ccccc1)CCC2. The Morgan fingerprint density at radius 2 is 1.70 bits per heavy atom. The van der Waals surface area contributed by atoms with E-state index in [2.05, 4.69) is 17.0 Å². The predicted octanol–water partition coefficient (Wildman–Crippen LogP) is 5.66. The molecule has 1 aliphatic carbocycles. The first kappa shape index (κ1) is 25.4. The van der Waals surface area contributed by atoms with Gasteiger partial charge in [-0.2, -0.15) is 0 Å². The van der Waals surface area contributed by atoms with Crippen LogP contribution in [-0.4, -0.2) is 40.4 Å². The van der Waals surface area contributed by atoms with Crippen molar-refractivity contribution in [2.75, 3.05) is 13.2 Å². The Bertz CT molecular complexity index is 1000. The standard InChI is InChI=1S/C27H30ClNO3.ClH/c28-26-15-22-14-23(11-7-10-21(22)16-27(26)31)29(17-20-8-3-1-4-9-20)18-24(30)19-32-25-12-5-2-6-13-25;/h1-6,8-9,12-13,15-16,23-24,30-31H,7,10-11,14,17-19H2;1H/t23?,24-;/m0./s1. The third kappa shape index (κ3) is 7.12. The summed E-state index contributed by atoms with van der Waals surface area (Å²) in [5.41, 5.74) is 3.57. The van der Waals surface area contributed by atoms with E-state index < -0.39 is 6.10 Å². The zero-order valence-corrected chi connectivity index (χ0v) is 20.1. The van der Waals surface area contributed by atoms with E-state index in [4.69, 9.17) is 16.3 Å². The van der Waals surface area contributed by atoms with Crippen molar-refractivity contribution in [3.8, 4) is 11.5 Å². The van der Waals surface area contributed by atoms with Crippen molar-refractivity contribution in [3.05, 3.63) is 94.5 Å². The second-order valence-electron chi connectivity index (χ2n) is 8.52. The number of aliphatic hydroxyl groups is 1. The third-order valence-electron chi connectivity index (χ3n) is 6.08. The highest BCUT2D eigenvalue weighted by molar-refractivity contribution is 6.32. The number of fused-ring (bicyclic) bond motifs is 1. The van der Waals surface area contributed by atoms with Gasteiger partial charge in [-0.15, -0.1) is 12.4 Å². The average Bonchev–Trinajstić information content (AvgIpc) is 3.01. The molecule has 6 heteroatoms. The number of aliphatic hydroxyl groups excluding tert-OH is 1. The molecule has 1 aliphatic rings. The molecule has 2 N–H and O–H groups in total. The Labute approximate surface area is 207 Å². The van der Waals surface area contributed by atoms with Gasteiger partial charge in [-0.05, 0) is 66.6 Å². The molecule has 4 nitrogen and oxygen atoms in total. The van der Waals surface area contributed by atoms with Gasteiger partial charge in [0, 0.05) is 19.1 Å². The second kappa shape index (κ2) is 12.3. The Balaban J connectivity index is 0.00000306. The van der Waals surface area contributed by atoms with Gasteiger partial charge < -0.3 is 14.9 Å². The van der Waals surface area contributed by atoms with Gasteiger partial charge in [0.05, 0.1) is 5.02 Å². The second-order valence-corrected chi connectivity index (χ2v) is 8.92. The lowest BCUT2D eigenvalue weighted by atomic mass is 10.00. The molecule has 0 saturated carbocycles. The molecule has 0 fully saturated rings. The molecule has 0 radical (unpaired) electrons. The van der Waals surface area contributed by atoms with Gasteiger partial charge >= 0.3 is 0 Å². The van der Waals surface area contributed by atoms with Crippen LogP contribution in [0.15, 0.2) is 72.8 Å². The van der Waals surface area contributed by atoms with E-state index in [0.717, 1.165) is 38.0 Å². The van der Waals surface area contributed by atoms with Crippen molar-refractivity contribution in [2.24, 2.45) is 0 Å². The van der Waals surface area contributed by atoms with E-state index in [-0.39, 0.29) is 30.8 Å². The maximum absolute atomic E-state index is 10.8. The number of phenolic OH excluding ortho intramolecular Hbond substituents is 1. The fourth-order valence-electron chi connectivity index (χ4n) is 4.46. The topological polar surface area (TPSA) is 52.9 Å². The maximum Gasteiger partial charge on any atom is 0.134 e. The summed E-state index contributed by atoms with van der Waals surface area (Å²) in [4.78, 5) is 2.37. The monoisotopic (exact) mass is 487 g/mol. The molecule has 176 valence electrons. The summed E-state index contributed by atoms with van der Waals surface area (Å²) in [5.74, 6) is 0.914. The van der Waals surface area contributed by atoms with Crippen molar-refractivity contribution in [3.63, 3.8) is 0 Å². The van der Waals surface area contributed by atoms with E-state index in [0.29, 0.717) is 11.6 Å². The summed E-state index contributed by atoms with van der Waals surface area (Å²) in [6.45, 7) is 1.53. The largest absolute Gasteiger partial charge is 0.506 e. The first-order chi connectivity index (χ1) is 15.6. The van der Waals surface area contributed by atoms with E-state index >= 15 is 0 Å². The van der Waals surface area contributed by atoms with E-state index in [1.54, 1.807) is 0 Å². The van der Waals surface area contributed by atoms with Crippen molar-refractivity contribution in [1.82, 2.24) is 4.90 Å². The van der Waals surface area contributed by atoms with Crippen LogP contribution in [0.2, 0.25) is 5.02 Å². The number of phenols is 1. The number of hydrogen-bond acceptors (Lipinski definition) is 4. The summed E-state index contributed by atoms with van der Waals surface area (Å²) in [6, 6.07) is 23.9. The summed E-state index contributed by atoms with van der Waals surface area (Å²) in [5, 5.41) is 21.2. The number of aromatic hydroxyl groups is 1. The molecule has 3 aromatic carbocycles. The maximum atomic E-state index is 10.8. The molecular weight excluding hydrogens is 457 g/mol. The molecule has 2 atom stereocenters. The quantitative estimate of drug-likeness (QED) is 0.402. The number of aryl methyl sites for hydroxylation is 1. The van der Waals surface area contributed by atoms with E-state index in [1.807, 2.05) is 60.7 Å². The van der Waals surface area contributed by atoms with E-state index in [1.165, 1.54) is 16.7 Å². The minimum absolute atomic E-state index is 0. The van der Waals surface area contributed by atoms with Crippen molar-refractivity contribution in [2.45, 2.75) is 44.4 Å². The van der Waals surface area contributed by atoms with Gasteiger partial charge in [0.25, 0.3) is 0 Å². The molecule has 3 aromatic rings. The molecular formula is C27H31Cl2NO3. The molecule has 0 aromatic heterocycles. The fraction of sp³-hybridized carbons (Fsp3) is 0.333. The number of rotatable bonds is 8. The Morgan fingerprint density at radius 3 is 2.42 bits per heavy atom. The minimum atomic E-state index is -0.606. The lowest BCUT2D eigenvalue weighted by molar-refractivity contribution is 0.0463.